The first kappa shape index (κ1) is 22.1. The number of nitrogens with one attached hydrogen (secondary N) is 1. The van der Waals surface area contributed by atoms with Gasteiger partial charge in [0.2, 0.25) is 5.91 Å². The number of carbonyl (C=O) groups is 1. The van der Waals surface area contributed by atoms with E-state index in [1.807, 2.05) is 26.0 Å². The lowest BCUT2D eigenvalue weighted by molar-refractivity contribution is -0.118. The number of nitrogens with zero attached hydrogens (tertiary/aromatic N) is 2. The van der Waals surface area contributed by atoms with E-state index in [0.29, 0.717) is 17.6 Å². The minimum absolute atomic E-state index is 0.0109. The number of rotatable bonds is 6. The van der Waals surface area contributed by atoms with Crippen LogP contribution in [0, 0.1) is 19.8 Å². The summed E-state index contributed by atoms with van der Waals surface area (Å²) in [4.78, 5) is 33.2. The summed E-state index contributed by atoms with van der Waals surface area (Å²) in [7, 11) is 0. The van der Waals surface area contributed by atoms with Crippen molar-refractivity contribution in [2.75, 3.05) is 12.3 Å². The molecule has 1 N–H and O–H groups in total. The molecule has 0 fully saturated rings. The zero-order chi connectivity index (χ0) is 22.1. The van der Waals surface area contributed by atoms with Crippen molar-refractivity contribution in [1.82, 2.24) is 14.9 Å². The summed E-state index contributed by atoms with van der Waals surface area (Å²) in [6.45, 7) is 8.82. The third-order valence-corrected chi connectivity index (χ3v) is 7.73. The van der Waals surface area contributed by atoms with Crippen LogP contribution in [0.3, 0.4) is 0 Å². The van der Waals surface area contributed by atoms with Crippen LogP contribution in [-0.2, 0) is 17.6 Å². The molecule has 0 atom stereocenters. The number of thioether (sulfide) groups is 1. The normalized spacial score (nSPS) is 13.6. The Labute approximate surface area is 191 Å². The molecule has 1 aromatic carbocycles. The van der Waals surface area contributed by atoms with E-state index in [-0.39, 0.29) is 17.2 Å². The Balaban J connectivity index is 1.82. The fourth-order valence-electron chi connectivity index (χ4n) is 3.96. The first-order valence-corrected chi connectivity index (χ1v) is 12.7. The van der Waals surface area contributed by atoms with Crippen molar-refractivity contribution in [3.8, 4) is 5.69 Å². The number of hydrogen-bond donors (Lipinski definition) is 1. The molecule has 5 nitrogen and oxygen atoms in total. The molecule has 0 spiro atoms. The average molecular weight is 456 g/mol. The molecule has 164 valence electrons. The second kappa shape index (κ2) is 9.17. The van der Waals surface area contributed by atoms with E-state index in [4.69, 9.17) is 4.98 Å². The van der Waals surface area contributed by atoms with Crippen molar-refractivity contribution in [3.63, 3.8) is 0 Å². The lowest BCUT2D eigenvalue weighted by atomic mass is 9.97. The zero-order valence-electron chi connectivity index (χ0n) is 18.6. The average Bonchev–Trinajstić information content (AvgIpc) is 3.11. The largest absolute Gasteiger partial charge is 0.355 e. The summed E-state index contributed by atoms with van der Waals surface area (Å²) >= 11 is 2.99. The summed E-state index contributed by atoms with van der Waals surface area (Å²) in [5.41, 5.74) is 4.13. The van der Waals surface area contributed by atoms with Crippen LogP contribution in [0.15, 0.2) is 28.2 Å². The van der Waals surface area contributed by atoms with E-state index in [1.165, 1.54) is 28.6 Å². The van der Waals surface area contributed by atoms with Crippen molar-refractivity contribution in [2.45, 2.75) is 58.5 Å². The molecule has 0 saturated heterocycles. The molecule has 1 amide bonds. The SMILES string of the molecule is Cc1ccc(C)c(-n2c(SCC(=O)NCC(C)C)nc3sc4c(c3c2=O)CCCC4)c1. The van der Waals surface area contributed by atoms with Gasteiger partial charge in [0.15, 0.2) is 5.16 Å². The molecule has 0 unspecified atom stereocenters. The molecule has 2 heterocycles. The topological polar surface area (TPSA) is 64.0 Å². The number of hydrogen-bond acceptors (Lipinski definition) is 5. The van der Waals surface area contributed by atoms with Gasteiger partial charge in [-0.25, -0.2) is 4.98 Å². The number of aryl methyl sites for hydroxylation is 4. The van der Waals surface area contributed by atoms with Crippen molar-refractivity contribution >= 4 is 39.2 Å². The van der Waals surface area contributed by atoms with E-state index >= 15 is 0 Å². The van der Waals surface area contributed by atoms with E-state index in [2.05, 4.69) is 25.2 Å². The van der Waals surface area contributed by atoms with E-state index < -0.39 is 0 Å². The van der Waals surface area contributed by atoms with Gasteiger partial charge in [-0.15, -0.1) is 11.3 Å². The molecule has 4 rings (SSSR count). The number of benzene rings is 1. The molecule has 1 aliphatic carbocycles. The lowest BCUT2D eigenvalue weighted by Gasteiger charge is -2.16. The minimum Gasteiger partial charge on any atom is -0.355 e. The Morgan fingerprint density at radius 1 is 1.26 bits per heavy atom. The maximum absolute atomic E-state index is 13.8. The van der Waals surface area contributed by atoms with Crippen LogP contribution < -0.4 is 10.9 Å². The quantitative estimate of drug-likeness (QED) is 0.428. The highest BCUT2D eigenvalue weighted by Crippen LogP contribution is 2.35. The van der Waals surface area contributed by atoms with Crippen LogP contribution >= 0.6 is 23.1 Å². The van der Waals surface area contributed by atoms with Crippen LogP contribution in [0.25, 0.3) is 15.9 Å². The predicted molar refractivity (Wildman–Crippen MR) is 130 cm³/mol. The van der Waals surface area contributed by atoms with E-state index in [1.54, 1.807) is 15.9 Å². The second-order valence-electron chi connectivity index (χ2n) is 8.70. The molecule has 0 bridgehead atoms. The van der Waals surface area contributed by atoms with Crippen molar-refractivity contribution < 1.29 is 4.79 Å². The summed E-state index contributed by atoms with van der Waals surface area (Å²) in [6.07, 6.45) is 4.26. The Morgan fingerprint density at radius 2 is 2.03 bits per heavy atom. The van der Waals surface area contributed by atoms with Gasteiger partial charge in [-0.3, -0.25) is 14.2 Å². The Kier molecular flexibility index (Phi) is 6.53. The lowest BCUT2D eigenvalue weighted by Crippen LogP contribution is -2.29. The van der Waals surface area contributed by atoms with Gasteiger partial charge in [-0.05, 0) is 68.2 Å². The van der Waals surface area contributed by atoms with Crippen LogP contribution in [-0.4, -0.2) is 27.8 Å². The van der Waals surface area contributed by atoms with Crippen LogP contribution in [0.1, 0.15) is 48.3 Å². The minimum atomic E-state index is -0.0361. The molecule has 1 aliphatic rings. The molecular formula is C24H29N3O2S2. The first-order valence-electron chi connectivity index (χ1n) is 10.9. The summed E-state index contributed by atoms with van der Waals surface area (Å²) in [6, 6.07) is 6.12. The highest BCUT2D eigenvalue weighted by atomic mass is 32.2. The van der Waals surface area contributed by atoms with Gasteiger partial charge in [-0.1, -0.05) is 37.7 Å². The first-order chi connectivity index (χ1) is 14.8. The molecule has 3 aromatic rings. The smallest absolute Gasteiger partial charge is 0.267 e. The number of carbonyl (C=O) groups excluding carboxylic acids is 1. The molecule has 2 aromatic heterocycles. The van der Waals surface area contributed by atoms with Crippen LogP contribution in [0.2, 0.25) is 0 Å². The molecule has 0 aliphatic heterocycles. The van der Waals surface area contributed by atoms with Gasteiger partial charge in [0.25, 0.3) is 5.56 Å². The molecule has 0 radical (unpaired) electrons. The zero-order valence-corrected chi connectivity index (χ0v) is 20.2. The second-order valence-corrected chi connectivity index (χ2v) is 10.7. The number of amides is 1. The Morgan fingerprint density at radius 3 is 2.81 bits per heavy atom. The van der Waals surface area contributed by atoms with Crippen LogP contribution in [0.5, 0.6) is 0 Å². The van der Waals surface area contributed by atoms with Gasteiger partial charge in [-0.2, -0.15) is 0 Å². The summed E-state index contributed by atoms with van der Waals surface area (Å²) in [5, 5.41) is 4.31. The molecular weight excluding hydrogens is 426 g/mol. The van der Waals surface area contributed by atoms with E-state index in [0.717, 1.165) is 46.3 Å². The van der Waals surface area contributed by atoms with Gasteiger partial charge in [0.05, 0.1) is 16.8 Å². The fraction of sp³-hybridized carbons (Fsp3) is 0.458. The Hall–Kier alpha value is -2.12. The van der Waals surface area contributed by atoms with Crippen LogP contribution in [0.4, 0.5) is 0 Å². The monoisotopic (exact) mass is 455 g/mol. The van der Waals surface area contributed by atoms with Crippen molar-refractivity contribution in [2.24, 2.45) is 5.92 Å². The maximum Gasteiger partial charge on any atom is 0.267 e. The number of aromatic nitrogens is 2. The summed E-state index contributed by atoms with van der Waals surface area (Å²) < 4.78 is 1.73. The van der Waals surface area contributed by atoms with Crippen molar-refractivity contribution in [3.05, 3.63) is 50.1 Å². The highest BCUT2D eigenvalue weighted by molar-refractivity contribution is 7.99. The molecule has 31 heavy (non-hydrogen) atoms. The van der Waals surface area contributed by atoms with E-state index in [9.17, 15) is 9.59 Å². The standard InChI is InChI=1S/C24H29N3O2S2/c1-14(2)12-25-20(28)13-30-24-26-22-21(17-7-5-6-8-19(17)31-22)23(29)27(24)18-11-15(3)9-10-16(18)4/h9-11,14H,5-8,12-13H2,1-4H3,(H,25,28). The molecule has 0 saturated carbocycles. The predicted octanol–water partition coefficient (Wildman–Crippen LogP) is 4.81. The number of thiophene rings is 1. The van der Waals surface area contributed by atoms with Gasteiger partial charge >= 0.3 is 0 Å². The Bertz CT molecular complexity index is 1190. The molecule has 7 heteroatoms. The van der Waals surface area contributed by atoms with Gasteiger partial charge in [0, 0.05) is 11.4 Å². The fourth-order valence-corrected chi connectivity index (χ4v) is 6.09. The number of fused-ring (bicyclic) bond motifs is 3. The third-order valence-electron chi connectivity index (χ3n) is 5.60. The highest BCUT2D eigenvalue weighted by Gasteiger charge is 2.23. The third kappa shape index (κ3) is 4.58. The van der Waals surface area contributed by atoms with Gasteiger partial charge < -0.3 is 5.32 Å². The van der Waals surface area contributed by atoms with Gasteiger partial charge in [0.1, 0.15) is 4.83 Å². The summed E-state index contributed by atoms with van der Waals surface area (Å²) in [5.74, 6) is 0.598. The maximum atomic E-state index is 13.8. The van der Waals surface area contributed by atoms with Crippen molar-refractivity contribution in [1.29, 1.82) is 0 Å².